The number of amides is 2. The molecular formula is C48H48N6O8Si. The highest BCUT2D eigenvalue weighted by atomic mass is 28.3. The number of rotatable bonds is 13. The molecule has 15 heteroatoms. The highest BCUT2D eigenvalue weighted by molar-refractivity contribution is 6.91. The molecule has 2 amide bonds. The van der Waals surface area contributed by atoms with Crippen LogP contribution >= 0.6 is 0 Å². The van der Waals surface area contributed by atoms with E-state index in [9.17, 15) is 20.0 Å². The molecule has 3 aliphatic rings. The quantitative estimate of drug-likeness (QED) is 0.0713. The summed E-state index contributed by atoms with van der Waals surface area (Å²) in [6.45, 7) is 6.91. The van der Waals surface area contributed by atoms with Crippen molar-refractivity contribution < 1.29 is 33.8 Å². The van der Waals surface area contributed by atoms with E-state index >= 15 is 4.79 Å². The highest BCUT2D eigenvalue weighted by Gasteiger charge is 2.66. The summed E-state index contributed by atoms with van der Waals surface area (Å²) >= 11 is 0. The monoisotopic (exact) mass is 864 g/mol. The Morgan fingerprint density at radius 3 is 2.46 bits per heavy atom. The summed E-state index contributed by atoms with van der Waals surface area (Å²) in [5, 5.41) is 32.8. The number of fused-ring (bicyclic) bond motifs is 3. The number of hydrogen-bond donors (Lipinski definition) is 1. The number of aliphatic hydroxyl groups is 1. The topological polar surface area (TPSA) is 162 Å². The second kappa shape index (κ2) is 16.5. The molecule has 0 radical (unpaired) electrons. The van der Waals surface area contributed by atoms with Gasteiger partial charge >= 0.3 is 0 Å². The molecule has 3 aliphatic heterocycles. The van der Waals surface area contributed by atoms with Crippen molar-refractivity contribution in [3.63, 3.8) is 0 Å². The first-order valence-corrected chi connectivity index (χ1v) is 24.1. The number of non-ortho nitro benzene ring substituents is 1. The maximum atomic E-state index is 15.5. The van der Waals surface area contributed by atoms with Gasteiger partial charge < -0.3 is 24.2 Å². The van der Waals surface area contributed by atoms with Crippen LogP contribution in [-0.2, 0) is 33.0 Å². The van der Waals surface area contributed by atoms with Crippen LogP contribution in [0.3, 0.4) is 0 Å². The van der Waals surface area contributed by atoms with Gasteiger partial charge in [0.05, 0.1) is 62.3 Å². The van der Waals surface area contributed by atoms with Crippen LogP contribution in [0.5, 0.6) is 11.5 Å². The van der Waals surface area contributed by atoms with Gasteiger partial charge in [0, 0.05) is 42.0 Å². The van der Waals surface area contributed by atoms with Crippen LogP contribution in [0.15, 0.2) is 128 Å². The number of nitrogens with zero attached hydrogens (tertiary/aromatic N) is 6. The van der Waals surface area contributed by atoms with Crippen molar-refractivity contribution in [1.29, 1.82) is 0 Å². The van der Waals surface area contributed by atoms with E-state index in [0.717, 1.165) is 22.1 Å². The molecule has 4 heterocycles. The minimum Gasteiger partial charge on any atom is -0.497 e. The molecule has 0 aliphatic carbocycles. The maximum absolute atomic E-state index is 15.5. The van der Waals surface area contributed by atoms with Gasteiger partial charge in [-0.3, -0.25) is 29.3 Å². The fourth-order valence-electron chi connectivity index (χ4n) is 10.1. The summed E-state index contributed by atoms with van der Waals surface area (Å²) in [7, 11) is -0.926. The molecule has 1 saturated heterocycles. The van der Waals surface area contributed by atoms with Crippen molar-refractivity contribution in [3.8, 4) is 11.5 Å². The summed E-state index contributed by atoms with van der Waals surface area (Å²) < 4.78 is 20.3. The predicted octanol–water partition coefficient (Wildman–Crippen LogP) is 7.23. The predicted molar refractivity (Wildman–Crippen MR) is 239 cm³/mol. The average Bonchev–Trinajstić information content (AvgIpc) is 3.96. The zero-order chi connectivity index (χ0) is 44.0. The Balaban J connectivity index is 1.09. The molecule has 63 heavy (non-hydrogen) atoms. The molecule has 1 N–H and O–H groups in total. The molecule has 1 aromatic heterocycles. The number of anilines is 3. The Hall–Kier alpha value is -6.68. The van der Waals surface area contributed by atoms with Crippen LogP contribution in [0, 0.1) is 16.0 Å². The van der Waals surface area contributed by atoms with Crippen molar-refractivity contribution in [1.82, 2.24) is 15.0 Å². The van der Waals surface area contributed by atoms with Crippen molar-refractivity contribution in [2.45, 2.75) is 62.7 Å². The SMILES string of the molecule is COc1ccc([Si](C)(C)[C@@H]2[C@@H](CCn3cc(C(CO)c4ccccc4)nn3)O[C@]3(C(=O)N(Cc4cccc(N5C(=O)COc6ccccc65)c4)c4ccc([N+](=O)[O-])cc43)[C@H]2C)cc1. The number of carbonyl (C=O) groups excluding carboxylic acids is 2. The average molecular weight is 865 g/mol. The molecule has 0 saturated carbocycles. The molecule has 5 atom stereocenters. The van der Waals surface area contributed by atoms with Crippen molar-refractivity contribution >= 4 is 47.8 Å². The Bertz CT molecular complexity index is 2690. The van der Waals surface area contributed by atoms with Gasteiger partial charge in [-0.05, 0) is 65.6 Å². The van der Waals surface area contributed by atoms with E-state index in [-0.39, 0.29) is 48.7 Å². The number of aliphatic hydroxyl groups excluding tert-OH is 1. The van der Waals surface area contributed by atoms with E-state index in [2.05, 4.69) is 35.5 Å². The lowest BCUT2D eigenvalue weighted by atomic mass is 9.82. The van der Waals surface area contributed by atoms with Crippen molar-refractivity contribution in [2.75, 3.05) is 30.1 Å². The third-order valence-electron chi connectivity index (χ3n) is 13.2. The summed E-state index contributed by atoms with van der Waals surface area (Å²) in [6, 6.07) is 37.2. The number of aromatic nitrogens is 3. The number of benzene rings is 5. The zero-order valence-electron chi connectivity index (χ0n) is 35.5. The second-order valence-corrected chi connectivity index (χ2v) is 21.7. The summed E-state index contributed by atoms with van der Waals surface area (Å²) in [6.07, 6.45) is 1.85. The number of nitro benzene ring substituents is 1. The van der Waals surface area contributed by atoms with Gasteiger partial charge in [0.25, 0.3) is 17.5 Å². The lowest BCUT2D eigenvalue weighted by Gasteiger charge is -2.37. The zero-order valence-corrected chi connectivity index (χ0v) is 36.5. The molecule has 9 rings (SSSR count). The third-order valence-corrected chi connectivity index (χ3v) is 17.5. The minimum atomic E-state index is -2.56. The lowest BCUT2D eigenvalue weighted by molar-refractivity contribution is -0.385. The lowest BCUT2D eigenvalue weighted by Crippen LogP contribution is -2.51. The number of ether oxygens (including phenoxy) is 3. The van der Waals surface area contributed by atoms with Gasteiger partial charge in [-0.1, -0.05) is 97.1 Å². The van der Waals surface area contributed by atoms with Crippen LogP contribution in [-0.4, -0.2) is 71.3 Å². The molecular weight excluding hydrogens is 817 g/mol. The van der Waals surface area contributed by atoms with Crippen LogP contribution in [0.1, 0.15) is 41.6 Å². The molecule has 14 nitrogen and oxygen atoms in total. The van der Waals surface area contributed by atoms with Gasteiger partial charge in [-0.25, -0.2) is 0 Å². The van der Waals surface area contributed by atoms with Gasteiger partial charge in [0.2, 0.25) is 0 Å². The van der Waals surface area contributed by atoms with Crippen LogP contribution < -0.4 is 24.5 Å². The summed E-state index contributed by atoms with van der Waals surface area (Å²) in [4.78, 5) is 44.1. The normalized spacial score (nSPS) is 21.0. The number of methoxy groups -OCH3 is 1. The Morgan fingerprint density at radius 1 is 0.952 bits per heavy atom. The first-order valence-electron chi connectivity index (χ1n) is 21.1. The smallest absolute Gasteiger partial charge is 0.269 e. The van der Waals surface area contributed by atoms with E-state index < -0.39 is 30.6 Å². The maximum Gasteiger partial charge on any atom is 0.269 e. The number of carbonyl (C=O) groups is 2. The molecule has 1 fully saturated rings. The van der Waals surface area contributed by atoms with E-state index in [1.165, 1.54) is 12.1 Å². The number of nitro groups is 1. The Kier molecular flexibility index (Phi) is 10.9. The largest absolute Gasteiger partial charge is 0.497 e. The van der Waals surface area contributed by atoms with E-state index in [1.54, 1.807) is 27.7 Å². The summed E-state index contributed by atoms with van der Waals surface area (Å²) in [5.41, 5.74) is 2.75. The van der Waals surface area contributed by atoms with Crippen molar-refractivity contribution in [2.24, 2.45) is 5.92 Å². The van der Waals surface area contributed by atoms with Gasteiger partial charge in [-0.15, -0.1) is 5.10 Å². The van der Waals surface area contributed by atoms with Crippen LogP contribution in [0.4, 0.5) is 22.7 Å². The summed E-state index contributed by atoms with van der Waals surface area (Å²) in [5.74, 6) is 0.0487. The van der Waals surface area contributed by atoms with Gasteiger partial charge in [0.1, 0.15) is 11.5 Å². The van der Waals surface area contributed by atoms with Gasteiger partial charge in [-0.2, -0.15) is 0 Å². The molecule has 322 valence electrons. The Morgan fingerprint density at radius 2 is 1.71 bits per heavy atom. The molecule has 5 aromatic carbocycles. The van der Waals surface area contributed by atoms with E-state index in [0.29, 0.717) is 47.0 Å². The highest BCUT2D eigenvalue weighted by Crippen LogP contribution is 2.60. The third kappa shape index (κ3) is 7.25. The fourth-order valence-corrected chi connectivity index (χ4v) is 14.2. The van der Waals surface area contributed by atoms with Crippen LogP contribution in [0.2, 0.25) is 18.6 Å². The minimum absolute atomic E-state index is 0.108. The standard InChI is InChI=1S/C48H48N6O8Si/c1-31-46(63(3,4)37-20-18-36(60-2)19-21-37)44(23-24-51-28-40(49-50-51)38(29-55)33-12-6-5-7-13-33)62-48(31)39-26-35(54(58)59)17-22-41(39)52(47(48)57)27-32-11-10-14-34(25-32)53-42-15-8-9-16-43(42)61-30-45(53)56/h5-22,25-26,28,31,38,44,46,55H,23-24,27,29-30H2,1-4H3/t31-,38?,44+,46-,48+/m0/s1. The number of hydrogen-bond acceptors (Lipinski definition) is 10. The first kappa shape index (κ1) is 41.7. The molecule has 1 spiro atoms. The van der Waals surface area contributed by atoms with E-state index in [4.69, 9.17) is 14.2 Å². The van der Waals surface area contributed by atoms with E-state index in [1.807, 2.05) is 104 Å². The second-order valence-electron chi connectivity index (χ2n) is 17.0. The number of para-hydroxylation sites is 2. The molecule has 0 bridgehead atoms. The molecule has 6 aromatic rings. The first-order chi connectivity index (χ1) is 30.4. The van der Waals surface area contributed by atoms with Crippen molar-refractivity contribution in [3.05, 3.63) is 160 Å². The van der Waals surface area contributed by atoms with Gasteiger partial charge in [0.15, 0.2) is 12.2 Å². The Labute approximate surface area is 365 Å². The number of aryl methyl sites for hydroxylation is 1. The molecule has 1 unspecified atom stereocenters. The fraction of sp³-hybridized carbons (Fsp3) is 0.292. The van der Waals surface area contributed by atoms with Crippen LogP contribution in [0.25, 0.3) is 0 Å².